The third-order valence-corrected chi connectivity index (χ3v) is 5.23. The molecular weight excluding hydrogens is 545 g/mol. The van der Waals surface area contributed by atoms with E-state index in [-0.39, 0.29) is 12.1 Å². The molecule has 0 saturated carbocycles. The lowest BCUT2D eigenvalue weighted by atomic mass is 10.0. The van der Waals surface area contributed by atoms with Crippen molar-refractivity contribution in [3.8, 4) is 0 Å². The highest BCUT2D eigenvalue weighted by Gasteiger charge is 2.62. The monoisotopic (exact) mass is 560 g/mol. The summed E-state index contributed by atoms with van der Waals surface area (Å²) < 4.78 is 147. The van der Waals surface area contributed by atoms with E-state index in [0.717, 1.165) is 0 Å². The number of nitrogens with zero attached hydrogens (tertiary/aromatic N) is 2. The van der Waals surface area contributed by atoms with Crippen molar-refractivity contribution in [3.63, 3.8) is 0 Å². The molecule has 0 bridgehead atoms. The lowest BCUT2D eigenvalue weighted by Crippen LogP contribution is -2.36. The number of aryl methyl sites for hydroxylation is 1. The molecule has 0 aliphatic carbocycles. The van der Waals surface area contributed by atoms with Crippen LogP contribution in [0.5, 0.6) is 0 Å². The van der Waals surface area contributed by atoms with E-state index in [1.807, 2.05) is 0 Å². The first-order valence-electron chi connectivity index (χ1n) is 10.2. The molecule has 0 aliphatic rings. The summed E-state index contributed by atoms with van der Waals surface area (Å²) >= 11 is 0. The fraction of sp³-hybridized carbons (Fsp3) is 0.273. The van der Waals surface area contributed by atoms with Crippen molar-refractivity contribution in [2.75, 3.05) is 11.1 Å². The number of carbonyl (C=O) groups is 1. The molecule has 0 saturated heterocycles. The molecule has 0 unspecified atom stereocenters. The first-order chi connectivity index (χ1) is 17.2. The van der Waals surface area contributed by atoms with Gasteiger partial charge in [-0.1, -0.05) is 12.1 Å². The van der Waals surface area contributed by atoms with Gasteiger partial charge < -0.3 is 11.1 Å². The number of hydrogen-bond donors (Lipinski definition) is 2. The minimum atomic E-state index is -6.21. The number of benzene rings is 2. The van der Waals surface area contributed by atoms with Crippen LogP contribution in [0.15, 0.2) is 42.6 Å². The summed E-state index contributed by atoms with van der Waals surface area (Å²) in [5.74, 6) is -7.43. The number of nitrogens with one attached hydrogen (secondary N) is 1. The predicted octanol–water partition coefficient (Wildman–Crippen LogP) is 6.77. The van der Waals surface area contributed by atoms with Crippen LogP contribution in [0.4, 0.5) is 59.7 Å². The summed E-state index contributed by atoms with van der Waals surface area (Å²) in [5, 5.41) is 4.82. The van der Waals surface area contributed by atoms with Crippen LogP contribution in [0.2, 0.25) is 0 Å². The first kappa shape index (κ1) is 28.7. The Morgan fingerprint density at radius 1 is 0.895 bits per heavy atom. The van der Waals surface area contributed by atoms with Crippen LogP contribution in [-0.4, -0.2) is 21.9 Å². The van der Waals surface area contributed by atoms with Crippen LogP contribution in [0.25, 0.3) is 0 Å². The number of nitrogens with two attached hydrogens (primary N) is 1. The highest BCUT2D eigenvalue weighted by Crippen LogP contribution is 2.45. The van der Waals surface area contributed by atoms with Crippen molar-refractivity contribution in [1.82, 2.24) is 9.78 Å². The zero-order valence-corrected chi connectivity index (χ0v) is 18.8. The van der Waals surface area contributed by atoms with Crippen LogP contribution in [0, 0.1) is 6.92 Å². The van der Waals surface area contributed by atoms with Gasteiger partial charge in [-0.05, 0) is 42.3 Å². The van der Waals surface area contributed by atoms with Gasteiger partial charge in [0.15, 0.2) is 5.69 Å². The lowest BCUT2D eigenvalue weighted by Gasteiger charge is -2.19. The number of anilines is 2. The molecule has 3 N–H and O–H groups in total. The third kappa shape index (κ3) is 5.83. The van der Waals surface area contributed by atoms with E-state index >= 15 is 0 Å². The normalized spacial score (nSPS) is 13.1. The Kier molecular flexibility index (Phi) is 7.16. The SMILES string of the molecule is Cc1cc(Cn2cc(C(=O)Nc3ccc(C(F)(F)F)c(C(F)(F)F)c3)c(C(F)(F)C(F)(F)F)n2)ccc1N. The minimum absolute atomic E-state index is 0.0173. The molecule has 0 atom stereocenters. The number of hydrogen-bond acceptors (Lipinski definition) is 3. The van der Waals surface area contributed by atoms with Crippen molar-refractivity contribution in [1.29, 1.82) is 0 Å². The van der Waals surface area contributed by atoms with Crippen LogP contribution >= 0.6 is 0 Å². The summed E-state index contributed by atoms with van der Waals surface area (Å²) in [6.45, 7) is 1.18. The number of halogens is 11. The highest BCUT2D eigenvalue weighted by molar-refractivity contribution is 6.05. The Balaban J connectivity index is 2.05. The minimum Gasteiger partial charge on any atom is -0.399 e. The van der Waals surface area contributed by atoms with E-state index in [1.54, 1.807) is 12.2 Å². The fourth-order valence-corrected chi connectivity index (χ4v) is 3.36. The molecule has 38 heavy (non-hydrogen) atoms. The van der Waals surface area contributed by atoms with Gasteiger partial charge >= 0.3 is 24.5 Å². The molecule has 0 aliphatic heterocycles. The van der Waals surface area contributed by atoms with E-state index in [0.29, 0.717) is 33.8 Å². The van der Waals surface area contributed by atoms with Crippen molar-refractivity contribution >= 4 is 17.3 Å². The van der Waals surface area contributed by atoms with Crippen LogP contribution in [0.1, 0.15) is 38.3 Å². The van der Waals surface area contributed by atoms with Crippen molar-refractivity contribution < 1.29 is 53.1 Å². The van der Waals surface area contributed by atoms with Gasteiger partial charge in [0.1, 0.15) is 0 Å². The second-order valence-corrected chi connectivity index (χ2v) is 8.06. The number of rotatable bonds is 5. The molecule has 3 aromatic rings. The van der Waals surface area contributed by atoms with E-state index < -0.39 is 65.0 Å². The zero-order valence-electron chi connectivity index (χ0n) is 18.8. The molecule has 206 valence electrons. The van der Waals surface area contributed by atoms with Gasteiger partial charge in [0, 0.05) is 17.6 Å². The van der Waals surface area contributed by atoms with Crippen molar-refractivity contribution in [2.45, 2.75) is 37.9 Å². The van der Waals surface area contributed by atoms with Gasteiger partial charge in [-0.15, -0.1) is 0 Å². The number of aromatic nitrogens is 2. The van der Waals surface area contributed by atoms with Gasteiger partial charge in [-0.2, -0.15) is 53.4 Å². The summed E-state index contributed by atoms with van der Waals surface area (Å²) in [7, 11) is 0. The topological polar surface area (TPSA) is 72.9 Å². The Labute approximate surface area is 206 Å². The number of alkyl halides is 11. The molecule has 16 heteroatoms. The smallest absolute Gasteiger partial charge is 0.399 e. The largest absolute Gasteiger partial charge is 0.459 e. The maximum atomic E-state index is 14.2. The van der Waals surface area contributed by atoms with Crippen molar-refractivity contribution in [2.24, 2.45) is 0 Å². The Hall–Kier alpha value is -3.85. The Morgan fingerprint density at radius 2 is 1.50 bits per heavy atom. The van der Waals surface area contributed by atoms with E-state index in [2.05, 4.69) is 5.10 Å². The zero-order chi connectivity index (χ0) is 28.8. The van der Waals surface area contributed by atoms with E-state index in [4.69, 9.17) is 5.73 Å². The van der Waals surface area contributed by atoms with E-state index in [1.165, 1.54) is 18.2 Å². The molecule has 3 rings (SSSR count). The maximum Gasteiger partial charge on any atom is 0.459 e. The highest BCUT2D eigenvalue weighted by atomic mass is 19.4. The predicted molar refractivity (Wildman–Crippen MR) is 111 cm³/mol. The molecule has 0 spiro atoms. The summed E-state index contributed by atoms with van der Waals surface area (Å²) in [5.41, 5.74) is -1.78. The maximum absolute atomic E-state index is 14.2. The van der Waals surface area contributed by atoms with Crippen LogP contribution in [-0.2, 0) is 24.8 Å². The molecule has 0 fully saturated rings. The van der Waals surface area contributed by atoms with Gasteiger partial charge in [0.25, 0.3) is 5.91 Å². The molecule has 5 nitrogen and oxygen atoms in total. The molecular formula is C22H15F11N4O. The lowest BCUT2D eigenvalue weighted by molar-refractivity contribution is -0.291. The van der Waals surface area contributed by atoms with Gasteiger partial charge in [-0.3, -0.25) is 9.48 Å². The van der Waals surface area contributed by atoms with Gasteiger partial charge in [0.2, 0.25) is 0 Å². The molecule has 1 heterocycles. The third-order valence-electron chi connectivity index (χ3n) is 5.23. The van der Waals surface area contributed by atoms with Crippen molar-refractivity contribution in [3.05, 3.63) is 76.1 Å². The quantitative estimate of drug-likeness (QED) is 0.268. The molecule has 0 radical (unpaired) electrons. The number of amides is 1. The van der Waals surface area contributed by atoms with Gasteiger partial charge in [0.05, 0.1) is 23.2 Å². The van der Waals surface area contributed by atoms with Crippen LogP contribution in [0.3, 0.4) is 0 Å². The fourth-order valence-electron chi connectivity index (χ4n) is 3.36. The molecule has 1 aromatic heterocycles. The average Bonchev–Trinajstić information content (AvgIpc) is 3.19. The average molecular weight is 560 g/mol. The van der Waals surface area contributed by atoms with Crippen LogP contribution < -0.4 is 11.1 Å². The molecule has 2 aromatic carbocycles. The number of nitrogen functional groups attached to an aromatic ring is 1. The summed E-state index contributed by atoms with van der Waals surface area (Å²) in [6, 6.07) is 4.56. The first-order valence-corrected chi connectivity index (χ1v) is 10.2. The summed E-state index contributed by atoms with van der Waals surface area (Å²) in [4.78, 5) is 12.6. The Morgan fingerprint density at radius 3 is 2.03 bits per heavy atom. The van der Waals surface area contributed by atoms with E-state index in [9.17, 15) is 53.1 Å². The second-order valence-electron chi connectivity index (χ2n) is 8.06. The van der Waals surface area contributed by atoms with Gasteiger partial charge in [-0.25, -0.2) is 0 Å². The second kappa shape index (κ2) is 9.47. The molecule has 1 amide bonds. The standard InChI is InChI=1S/C22H15F11N4O/c1-10-6-11(2-5-16(10)34)8-37-9-13(17(36-37)19(23,24)22(31,32)33)18(38)35-12-3-4-14(20(25,26)27)15(7-12)21(28,29)30/h2-7,9H,8,34H2,1H3,(H,35,38). The number of carbonyl (C=O) groups excluding carboxylic acids is 1. The summed E-state index contributed by atoms with van der Waals surface area (Å²) in [6.07, 6.45) is -16.7. The Bertz CT molecular complexity index is 1350.